The van der Waals surface area contributed by atoms with Crippen LogP contribution in [0, 0.1) is 5.41 Å². The van der Waals surface area contributed by atoms with Gasteiger partial charge >= 0.3 is 5.97 Å². The van der Waals surface area contributed by atoms with Crippen molar-refractivity contribution in [2.75, 3.05) is 0 Å². The van der Waals surface area contributed by atoms with Gasteiger partial charge in [0, 0.05) is 5.54 Å². The summed E-state index contributed by atoms with van der Waals surface area (Å²) in [5.41, 5.74) is 6.96. The maximum Gasteiger partial charge on any atom is 0.303 e. The second-order valence-electron chi connectivity index (χ2n) is 6.76. The van der Waals surface area contributed by atoms with Crippen LogP contribution in [-0.4, -0.2) is 16.6 Å². The van der Waals surface area contributed by atoms with Gasteiger partial charge in [0.1, 0.15) is 0 Å². The summed E-state index contributed by atoms with van der Waals surface area (Å²) >= 11 is 0. The molecule has 1 saturated carbocycles. The first-order valence-electron chi connectivity index (χ1n) is 7.40. The molecular formula is C17H25NO2. The van der Waals surface area contributed by atoms with Crippen LogP contribution >= 0.6 is 0 Å². The molecule has 3 N–H and O–H groups in total. The molecule has 1 aromatic rings. The minimum atomic E-state index is -0.735. The number of aliphatic carboxylic acids is 1. The Balaban J connectivity index is 2.12. The first-order valence-corrected chi connectivity index (χ1v) is 7.40. The Hall–Kier alpha value is -1.35. The predicted octanol–water partition coefficient (Wildman–Crippen LogP) is 3.54. The van der Waals surface area contributed by atoms with Crippen LogP contribution in [0.3, 0.4) is 0 Å². The van der Waals surface area contributed by atoms with E-state index in [1.54, 1.807) is 0 Å². The highest BCUT2D eigenvalue weighted by molar-refractivity contribution is 5.68. The van der Waals surface area contributed by atoms with Crippen molar-refractivity contribution < 1.29 is 9.90 Å². The maximum atomic E-state index is 11.2. The molecule has 1 aliphatic carbocycles. The average molecular weight is 275 g/mol. The van der Waals surface area contributed by atoms with E-state index in [9.17, 15) is 9.90 Å². The first-order chi connectivity index (χ1) is 9.34. The van der Waals surface area contributed by atoms with Gasteiger partial charge in [0.05, 0.1) is 6.42 Å². The number of rotatable bonds is 4. The highest BCUT2D eigenvalue weighted by Gasteiger charge is 2.46. The van der Waals surface area contributed by atoms with Gasteiger partial charge in [-0.2, -0.15) is 0 Å². The van der Waals surface area contributed by atoms with E-state index in [2.05, 4.69) is 24.3 Å². The van der Waals surface area contributed by atoms with Gasteiger partial charge in [-0.1, -0.05) is 30.3 Å². The predicted molar refractivity (Wildman–Crippen MR) is 80.6 cm³/mol. The quantitative estimate of drug-likeness (QED) is 0.883. The smallest absolute Gasteiger partial charge is 0.303 e. The van der Waals surface area contributed by atoms with Crippen molar-refractivity contribution in [1.82, 2.24) is 0 Å². The fourth-order valence-corrected chi connectivity index (χ4v) is 3.57. The zero-order valence-electron chi connectivity index (χ0n) is 12.4. The lowest BCUT2D eigenvalue weighted by atomic mass is 9.59. The molecule has 0 bridgehead atoms. The van der Waals surface area contributed by atoms with Crippen LogP contribution in [0.4, 0.5) is 0 Å². The molecule has 0 aliphatic heterocycles. The molecule has 110 valence electrons. The van der Waals surface area contributed by atoms with Crippen molar-refractivity contribution in [2.45, 2.75) is 57.4 Å². The molecule has 0 aromatic heterocycles. The van der Waals surface area contributed by atoms with Crippen LogP contribution in [0.5, 0.6) is 0 Å². The summed E-state index contributed by atoms with van der Waals surface area (Å²) in [6.45, 7) is 3.94. The molecule has 0 unspecified atom stereocenters. The molecule has 0 radical (unpaired) electrons. The minimum Gasteiger partial charge on any atom is -0.481 e. The molecule has 0 atom stereocenters. The zero-order valence-corrected chi connectivity index (χ0v) is 12.4. The fraction of sp³-hybridized carbons (Fsp3) is 0.588. The monoisotopic (exact) mass is 275 g/mol. The topological polar surface area (TPSA) is 63.3 Å². The van der Waals surface area contributed by atoms with E-state index in [1.807, 2.05) is 19.9 Å². The van der Waals surface area contributed by atoms with E-state index >= 15 is 0 Å². The number of carboxylic acids is 1. The lowest BCUT2D eigenvalue weighted by molar-refractivity contribution is -0.142. The second kappa shape index (κ2) is 5.57. The van der Waals surface area contributed by atoms with E-state index in [0.717, 1.165) is 25.7 Å². The summed E-state index contributed by atoms with van der Waals surface area (Å²) in [6, 6.07) is 10.5. The molecule has 1 aromatic carbocycles. The Bertz CT molecular complexity index is 454. The van der Waals surface area contributed by atoms with Crippen molar-refractivity contribution >= 4 is 5.97 Å². The molecule has 0 saturated heterocycles. The summed E-state index contributed by atoms with van der Waals surface area (Å²) in [5, 5.41) is 9.22. The summed E-state index contributed by atoms with van der Waals surface area (Å²) in [6.07, 6.45) is 4.01. The van der Waals surface area contributed by atoms with Gasteiger partial charge in [0.2, 0.25) is 0 Å². The van der Waals surface area contributed by atoms with Crippen LogP contribution < -0.4 is 5.73 Å². The molecule has 20 heavy (non-hydrogen) atoms. The summed E-state index contributed by atoms with van der Waals surface area (Å²) in [4.78, 5) is 11.2. The van der Waals surface area contributed by atoms with E-state index < -0.39 is 11.5 Å². The summed E-state index contributed by atoms with van der Waals surface area (Å²) in [7, 11) is 0. The Morgan fingerprint density at radius 2 is 1.85 bits per heavy atom. The Morgan fingerprint density at radius 3 is 2.30 bits per heavy atom. The minimum absolute atomic E-state index is 0.179. The second-order valence-corrected chi connectivity index (χ2v) is 6.76. The number of hydrogen-bond acceptors (Lipinski definition) is 2. The van der Waals surface area contributed by atoms with Crippen molar-refractivity contribution in [3.8, 4) is 0 Å². The number of carboxylic acid groups (broad SMARTS) is 1. The molecule has 0 heterocycles. The van der Waals surface area contributed by atoms with Crippen molar-refractivity contribution in [2.24, 2.45) is 11.1 Å². The first kappa shape index (κ1) is 15.0. The largest absolute Gasteiger partial charge is 0.481 e. The van der Waals surface area contributed by atoms with Crippen LogP contribution in [-0.2, 0) is 4.79 Å². The summed E-state index contributed by atoms with van der Waals surface area (Å²) < 4.78 is 0. The van der Waals surface area contributed by atoms with Crippen molar-refractivity contribution in [3.63, 3.8) is 0 Å². The van der Waals surface area contributed by atoms with Crippen LogP contribution in [0.15, 0.2) is 30.3 Å². The highest BCUT2D eigenvalue weighted by Crippen LogP contribution is 2.50. The normalized spacial score (nSPS) is 27.2. The molecule has 1 fully saturated rings. The van der Waals surface area contributed by atoms with Gasteiger partial charge in [-0.15, -0.1) is 0 Å². The molecular weight excluding hydrogens is 250 g/mol. The van der Waals surface area contributed by atoms with Crippen LogP contribution in [0.25, 0.3) is 0 Å². The Kier molecular flexibility index (Phi) is 4.19. The third-order valence-corrected chi connectivity index (χ3v) is 5.07. The van der Waals surface area contributed by atoms with Gasteiger partial charge in [-0.05, 0) is 56.4 Å². The SMILES string of the molecule is CC(C)(N)C1(CC(=O)O)CCC(c2ccccc2)CC1. The van der Waals surface area contributed by atoms with Gasteiger partial charge in [0.15, 0.2) is 0 Å². The Morgan fingerprint density at radius 1 is 1.30 bits per heavy atom. The number of hydrogen-bond donors (Lipinski definition) is 2. The van der Waals surface area contributed by atoms with Crippen LogP contribution in [0.2, 0.25) is 0 Å². The van der Waals surface area contributed by atoms with Gasteiger partial charge in [0.25, 0.3) is 0 Å². The molecule has 1 aliphatic rings. The average Bonchev–Trinajstić information content (AvgIpc) is 2.38. The highest BCUT2D eigenvalue weighted by atomic mass is 16.4. The van der Waals surface area contributed by atoms with Gasteiger partial charge in [-0.3, -0.25) is 4.79 Å². The van der Waals surface area contributed by atoms with E-state index in [1.165, 1.54) is 5.56 Å². The molecule has 3 heteroatoms. The van der Waals surface area contributed by atoms with Gasteiger partial charge < -0.3 is 10.8 Å². The lowest BCUT2D eigenvalue weighted by Gasteiger charge is -2.48. The van der Waals surface area contributed by atoms with Gasteiger partial charge in [-0.25, -0.2) is 0 Å². The zero-order chi connectivity index (χ0) is 14.8. The Labute approximate surface area is 121 Å². The number of carbonyl (C=O) groups is 1. The van der Waals surface area contributed by atoms with E-state index in [-0.39, 0.29) is 11.8 Å². The summed E-state index contributed by atoms with van der Waals surface area (Å²) in [5.74, 6) is -0.192. The van der Waals surface area contributed by atoms with E-state index in [4.69, 9.17) is 5.73 Å². The van der Waals surface area contributed by atoms with Crippen molar-refractivity contribution in [1.29, 1.82) is 0 Å². The number of benzene rings is 1. The van der Waals surface area contributed by atoms with Crippen LogP contribution in [0.1, 0.15) is 57.4 Å². The molecule has 3 nitrogen and oxygen atoms in total. The van der Waals surface area contributed by atoms with E-state index in [0.29, 0.717) is 5.92 Å². The third-order valence-electron chi connectivity index (χ3n) is 5.07. The molecule has 2 rings (SSSR count). The third kappa shape index (κ3) is 3.04. The standard InChI is InChI=1S/C17H25NO2/c1-16(2,18)17(12-15(19)20)10-8-14(9-11-17)13-6-4-3-5-7-13/h3-7,14H,8-12,18H2,1-2H3,(H,19,20). The molecule has 0 amide bonds. The van der Waals surface area contributed by atoms with Crippen molar-refractivity contribution in [3.05, 3.63) is 35.9 Å². The lowest BCUT2D eigenvalue weighted by Crippen LogP contribution is -2.53. The fourth-order valence-electron chi connectivity index (χ4n) is 3.57. The number of nitrogens with two attached hydrogens (primary N) is 1. The molecule has 0 spiro atoms. The maximum absolute atomic E-state index is 11.2.